The Bertz CT molecular complexity index is 358. The summed E-state index contributed by atoms with van der Waals surface area (Å²) in [5.41, 5.74) is 9.34. The lowest BCUT2D eigenvalue weighted by Crippen LogP contribution is -2.28. The monoisotopic (exact) mass is 219 g/mol. The average Bonchev–Trinajstić information content (AvgIpc) is 3.10. The number of aryl methyl sites for hydroxylation is 1. The summed E-state index contributed by atoms with van der Waals surface area (Å²) in [5, 5.41) is 0. The Morgan fingerprint density at radius 1 is 1.50 bits per heavy atom. The lowest BCUT2D eigenvalue weighted by atomic mass is 10.1. The average molecular weight is 219 g/mol. The van der Waals surface area contributed by atoms with Crippen LogP contribution in [0.4, 0.5) is 5.69 Å². The fourth-order valence-electron chi connectivity index (χ4n) is 2.13. The lowest BCUT2D eigenvalue weighted by molar-refractivity contribution is 0.755. The predicted molar refractivity (Wildman–Crippen MR) is 67.5 cm³/mol. The molecule has 0 amide bonds. The molecule has 1 saturated carbocycles. The van der Waals surface area contributed by atoms with E-state index in [9.17, 15) is 0 Å². The van der Waals surface area contributed by atoms with Gasteiger partial charge in [-0.05, 0) is 32.3 Å². The zero-order valence-electron chi connectivity index (χ0n) is 10.2. The van der Waals surface area contributed by atoms with Gasteiger partial charge in [0, 0.05) is 42.3 Å². The first kappa shape index (κ1) is 11.4. The van der Waals surface area contributed by atoms with Crippen LogP contribution in [0, 0.1) is 6.92 Å². The molecule has 0 saturated heterocycles. The molecule has 0 aromatic carbocycles. The van der Waals surface area contributed by atoms with Crippen LogP contribution in [0.15, 0.2) is 12.3 Å². The fraction of sp³-hybridized carbons (Fsp3) is 0.615. The van der Waals surface area contributed by atoms with Crippen LogP contribution in [0.25, 0.3) is 0 Å². The Morgan fingerprint density at radius 2 is 2.25 bits per heavy atom. The molecule has 1 heterocycles. The second kappa shape index (κ2) is 4.83. The van der Waals surface area contributed by atoms with Gasteiger partial charge in [0.05, 0.1) is 0 Å². The molecule has 0 radical (unpaired) electrons. The molecule has 1 aliphatic rings. The normalized spacial score (nSPS) is 15.2. The molecule has 0 aliphatic heterocycles. The molecular formula is C13H21N3. The summed E-state index contributed by atoms with van der Waals surface area (Å²) in [6.45, 7) is 5.98. The van der Waals surface area contributed by atoms with E-state index in [-0.39, 0.29) is 0 Å². The van der Waals surface area contributed by atoms with Crippen molar-refractivity contribution in [3.05, 3.63) is 23.5 Å². The molecule has 1 aliphatic carbocycles. The highest BCUT2D eigenvalue weighted by molar-refractivity contribution is 5.55. The molecule has 3 nitrogen and oxygen atoms in total. The minimum Gasteiger partial charge on any atom is -0.368 e. The van der Waals surface area contributed by atoms with Crippen molar-refractivity contribution in [2.45, 2.75) is 45.7 Å². The van der Waals surface area contributed by atoms with Gasteiger partial charge in [-0.15, -0.1) is 0 Å². The van der Waals surface area contributed by atoms with E-state index in [1.54, 1.807) is 0 Å². The Labute approximate surface area is 97.7 Å². The van der Waals surface area contributed by atoms with Gasteiger partial charge in [-0.2, -0.15) is 0 Å². The molecule has 0 bridgehead atoms. The van der Waals surface area contributed by atoms with Crippen molar-refractivity contribution in [3.8, 4) is 0 Å². The zero-order valence-corrected chi connectivity index (χ0v) is 10.2. The van der Waals surface area contributed by atoms with Crippen LogP contribution in [-0.4, -0.2) is 17.6 Å². The van der Waals surface area contributed by atoms with Crippen LogP contribution in [0.1, 0.15) is 37.4 Å². The second-order valence-corrected chi connectivity index (χ2v) is 4.58. The quantitative estimate of drug-likeness (QED) is 0.825. The number of hydrogen-bond donors (Lipinski definition) is 1. The van der Waals surface area contributed by atoms with Crippen LogP contribution >= 0.6 is 0 Å². The van der Waals surface area contributed by atoms with Crippen LogP contribution in [0.2, 0.25) is 0 Å². The van der Waals surface area contributed by atoms with Gasteiger partial charge in [0.25, 0.3) is 0 Å². The molecule has 0 unspecified atom stereocenters. The molecule has 16 heavy (non-hydrogen) atoms. The Kier molecular flexibility index (Phi) is 3.44. The van der Waals surface area contributed by atoms with Crippen molar-refractivity contribution >= 4 is 5.69 Å². The molecule has 3 heteroatoms. The van der Waals surface area contributed by atoms with E-state index in [4.69, 9.17) is 5.73 Å². The Morgan fingerprint density at radius 3 is 2.81 bits per heavy atom. The molecule has 0 spiro atoms. The highest BCUT2D eigenvalue weighted by Crippen LogP contribution is 2.33. The lowest BCUT2D eigenvalue weighted by Gasteiger charge is -2.26. The maximum absolute atomic E-state index is 5.79. The number of pyridine rings is 1. The molecule has 88 valence electrons. The van der Waals surface area contributed by atoms with Crippen molar-refractivity contribution in [2.24, 2.45) is 5.73 Å². The van der Waals surface area contributed by atoms with Gasteiger partial charge in [-0.1, -0.05) is 6.92 Å². The third-order valence-corrected chi connectivity index (χ3v) is 3.08. The number of rotatable bonds is 5. The van der Waals surface area contributed by atoms with E-state index in [0.717, 1.165) is 18.3 Å². The smallest absolute Gasteiger partial charge is 0.0447 e. The van der Waals surface area contributed by atoms with Gasteiger partial charge in [0.15, 0.2) is 0 Å². The number of aromatic nitrogens is 1. The van der Waals surface area contributed by atoms with E-state index in [1.165, 1.54) is 30.5 Å². The summed E-state index contributed by atoms with van der Waals surface area (Å²) in [7, 11) is 0. The summed E-state index contributed by atoms with van der Waals surface area (Å²) < 4.78 is 0. The molecule has 2 N–H and O–H groups in total. The van der Waals surface area contributed by atoms with Gasteiger partial charge < -0.3 is 10.6 Å². The molecule has 2 rings (SSSR count). The summed E-state index contributed by atoms with van der Waals surface area (Å²) in [6, 6.07) is 2.92. The summed E-state index contributed by atoms with van der Waals surface area (Å²) in [5.74, 6) is 0. The van der Waals surface area contributed by atoms with Gasteiger partial charge in [-0.25, -0.2) is 0 Å². The van der Waals surface area contributed by atoms with Crippen molar-refractivity contribution in [1.82, 2.24) is 4.98 Å². The summed E-state index contributed by atoms with van der Waals surface area (Å²) in [4.78, 5) is 6.84. The Hall–Kier alpha value is -1.09. The maximum atomic E-state index is 5.79. The first-order chi connectivity index (χ1) is 7.76. The highest BCUT2D eigenvalue weighted by Gasteiger charge is 2.29. The molecule has 1 aromatic rings. The SMILES string of the molecule is CCCN(c1cc(C)ncc1CN)C1CC1. The molecule has 1 aromatic heterocycles. The fourth-order valence-corrected chi connectivity index (χ4v) is 2.13. The number of anilines is 1. The van der Waals surface area contributed by atoms with E-state index < -0.39 is 0 Å². The van der Waals surface area contributed by atoms with Gasteiger partial charge in [0.2, 0.25) is 0 Å². The van der Waals surface area contributed by atoms with Crippen LogP contribution in [0.3, 0.4) is 0 Å². The number of nitrogens with two attached hydrogens (primary N) is 1. The minimum atomic E-state index is 0.579. The van der Waals surface area contributed by atoms with Crippen LogP contribution in [-0.2, 0) is 6.54 Å². The molecule has 1 fully saturated rings. The first-order valence-corrected chi connectivity index (χ1v) is 6.18. The van der Waals surface area contributed by atoms with Crippen molar-refractivity contribution < 1.29 is 0 Å². The molecule has 0 atom stereocenters. The van der Waals surface area contributed by atoms with Gasteiger partial charge in [-0.3, -0.25) is 4.98 Å². The van der Waals surface area contributed by atoms with E-state index in [0.29, 0.717) is 6.54 Å². The minimum absolute atomic E-state index is 0.579. The van der Waals surface area contributed by atoms with Crippen molar-refractivity contribution in [2.75, 3.05) is 11.4 Å². The van der Waals surface area contributed by atoms with Gasteiger partial charge >= 0.3 is 0 Å². The second-order valence-electron chi connectivity index (χ2n) is 4.58. The van der Waals surface area contributed by atoms with Crippen molar-refractivity contribution in [3.63, 3.8) is 0 Å². The van der Waals surface area contributed by atoms with E-state index in [1.807, 2.05) is 13.1 Å². The third kappa shape index (κ3) is 2.35. The van der Waals surface area contributed by atoms with Gasteiger partial charge in [0.1, 0.15) is 0 Å². The Balaban J connectivity index is 2.30. The topological polar surface area (TPSA) is 42.2 Å². The summed E-state index contributed by atoms with van der Waals surface area (Å²) in [6.07, 6.45) is 5.76. The van der Waals surface area contributed by atoms with Crippen LogP contribution in [0.5, 0.6) is 0 Å². The van der Waals surface area contributed by atoms with E-state index >= 15 is 0 Å². The highest BCUT2D eigenvalue weighted by atomic mass is 15.2. The van der Waals surface area contributed by atoms with Crippen LogP contribution < -0.4 is 10.6 Å². The largest absolute Gasteiger partial charge is 0.368 e. The molecular weight excluding hydrogens is 198 g/mol. The zero-order chi connectivity index (χ0) is 11.5. The predicted octanol–water partition coefficient (Wildman–Crippen LogP) is 2.23. The van der Waals surface area contributed by atoms with E-state index in [2.05, 4.69) is 22.9 Å². The maximum Gasteiger partial charge on any atom is 0.0447 e. The standard InChI is InChI=1S/C13H21N3/c1-3-6-16(12-4-5-12)13-7-10(2)15-9-11(13)8-14/h7,9,12H,3-6,8,14H2,1-2H3. The summed E-state index contributed by atoms with van der Waals surface area (Å²) >= 11 is 0. The number of hydrogen-bond acceptors (Lipinski definition) is 3. The first-order valence-electron chi connectivity index (χ1n) is 6.18. The third-order valence-electron chi connectivity index (χ3n) is 3.08. The van der Waals surface area contributed by atoms with Crippen molar-refractivity contribution in [1.29, 1.82) is 0 Å². The number of nitrogens with zero attached hydrogens (tertiary/aromatic N) is 2.